The zero-order chi connectivity index (χ0) is 18.6. The van der Waals surface area contributed by atoms with E-state index in [-0.39, 0.29) is 0 Å². The molecule has 0 spiro atoms. The fourth-order valence-corrected chi connectivity index (χ4v) is 2.92. The first kappa shape index (κ1) is 17.9. The lowest BCUT2D eigenvalue weighted by Gasteiger charge is -2.06. The predicted octanol–water partition coefficient (Wildman–Crippen LogP) is 5.28. The average Bonchev–Trinajstić information content (AvgIpc) is 3.10. The summed E-state index contributed by atoms with van der Waals surface area (Å²) in [6.45, 7) is 0. The molecule has 0 aliphatic heterocycles. The van der Waals surface area contributed by atoms with E-state index < -0.39 is 11.7 Å². The number of alkyl halides is 3. The highest BCUT2D eigenvalue weighted by Gasteiger charge is 2.30. The third-order valence-electron chi connectivity index (χ3n) is 3.47. The maximum Gasteiger partial charge on any atom is 0.416 e. The van der Waals surface area contributed by atoms with Crippen LogP contribution in [0.1, 0.15) is 11.1 Å². The molecule has 3 aromatic rings. The van der Waals surface area contributed by atoms with Crippen LogP contribution in [0, 0.1) is 0 Å². The Hall–Kier alpha value is -2.87. The highest BCUT2D eigenvalue weighted by Crippen LogP contribution is 2.32. The van der Waals surface area contributed by atoms with E-state index in [0.717, 1.165) is 23.4 Å². The third-order valence-corrected chi connectivity index (χ3v) is 4.22. The molecule has 0 atom stereocenters. The number of hydrogen-bond donors (Lipinski definition) is 1. The van der Waals surface area contributed by atoms with E-state index in [1.165, 1.54) is 23.6 Å². The summed E-state index contributed by atoms with van der Waals surface area (Å²) in [5.74, 6) is 0.705. The quantitative estimate of drug-likeness (QED) is 0.486. The fourth-order valence-electron chi connectivity index (χ4n) is 2.26. The molecule has 0 aliphatic carbocycles. The standard InChI is InChI=1S/C18H14F3N3OS/c1-25-16-8-3-2-7-14(16)15-11-26-17(23-15)24-22-10-12-5-4-6-13(9-12)18(19,20)21/h2-11H,1H3,(H,23,24)/b22-10-. The molecule has 0 amide bonds. The number of benzene rings is 2. The summed E-state index contributed by atoms with van der Waals surface area (Å²) >= 11 is 1.33. The van der Waals surface area contributed by atoms with Gasteiger partial charge < -0.3 is 4.74 Å². The molecular formula is C18H14F3N3OS. The first-order valence-corrected chi connectivity index (χ1v) is 8.40. The van der Waals surface area contributed by atoms with Crippen molar-refractivity contribution in [1.82, 2.24) is 4.98 Å². The number of ether oxygens (including phenoxy) is 1. The SMILES string of the molecule is COc1ccccc1-c1csc(N/N=C\c2cccc(C(F)(F)F)c2)n1. The Morgan fingerprint density at radius 1 is 1.15 bits per heavy atom. The summed E-state index contributed by atoms with van der Waals surface area (Å²) in [6, 6.07) is 12.4. The number of aromatic nitrogens is 1. The molecule has 8 heteroatoms. The average molecular weight is 377 g/mol. The van der Waals surface area contributed by atoms with E-state index >= 15 is 0 Å². The highest BCUT2D eigenvalue weighted by atomic mass is 32.1. The van der Waals surface area contributed by atoms with Gasteiger partial charge >= 0.3 is 6.18 Å². The second kappa shape index (κ2) is 7.57. The van der Waals surface area contributed by atoms with Crippen LogP contribution in [0.4, 0.5) is 18.3 Å². The Labute approximate surface area is 152 Å². The molecule has 26 heavy (non-hydrogen) atoms. The number of hydrogen-bond acceptors (Lipinski definition) is 5. The van der Waals surface area contributed by atoms with E-state index in [1.807, 2.05) is 29.6 Å². The van der Waals surface area contributed by atoms with Gasteiger partial charge in [-0.3, -0.25) is 5.43 Å². The summed E-state index contributed by atoms with van der Waals surface area (Å²) in [4.78, 5) is 4.41. The van der Waals surface area contributed by atoms with Crippen molar-refractivity contribution in [2.24, 2.45) is 5.10 Å². The minimum atomic E-state index is -4.38. The first-order chi connectivity index (χ1) is 12.5. The molecule has 2 aromatic carbocycles. The van der Waals surface area contributed by atoms with Gasteiger partial charge in [0.25, 0.3) is 0 Å². The molecule has 4 nitrogen and oxygen atoms in total. The molecule has 0 saturated carbocycles. The largest absolute Gasteiger partial charge is 0.496 e. The molecule has 0 fully saturated rings. The van der Waals surface area contributed by atoms with Crippen molar-refractivity contribution in [2.75, 3.05) is 12.5 Å². The van der Waals surface area contributed by atoms with Gasteiger partial charge in [-0.1, -0.05) is 24.3 Å². The minimum Gasteiger partial charge on any atom is -0.496 e. The zero-order valence-electron chi connectivity index (χ0n) is 13.6. The van der Waals surface area contributed by atoms with Crippen LogP contribution in [0.5, 0.6) is 5.75 Å². The minimum absolute atomic E-state index is 0.342. The lowest BCUT2D eigenvalue weighted by atomic mass is 10.1. The molecule has 1 aromatic heterocycles. The molecule has 0 saturated heterocycles. The van der Waals surface area contributed by atoms with Gasteiger partial charge in [-0.05, 0) is 29.8 Å². The monoisotopic (exact) mass is 377 g/mol. The number of methoxy groups -OCH3 is 1. The van der Waals surface area contributed by atoms with Gasteiger partial charge in [0.2, 0.25) is 5.13 Å². The zero-order valence-corrected chi connectivity index (χ0v) is 14.4. The van der Waals surface area contributed by atoms with E-state index in [1.54, 1.807) is 13.2 Å². The summed E-state index contributed by atoms with van der Waals surface area (Å²) < 4.78 is 43.4. The maximum atomic E-state index is 12.7. The fraction of sp³-hybridized carbons (Fsp3) is 0.111. The molecule has 134 valence electrons. The molecule has 0 unspecified atom stereocenters. The number of halogens is 3. The number of thiazole rings is 1. The first-order valence-electron chi connectivity index (χ1n) is 7.52. The number of hydrazone groups is 1. The van der Waals surface area contributed by atoms with Crippen molar-refractivity contribution in [3.8, 4) is 17.0 Å². The second-order valence-corrected chi connectivity index (χ2v) is 6.09. The van der Waals surface area contributed by atoms with Gasteiger partial charge in [0.05, 0.1) is 24.6 Å². The van der Waals surface area contributed by atoms with Gasteiger partial charge in [0.1, 0.15) is 5.75 Å². The van der Waals surface area contributed by atoms with E-state index in [4.69, 9.17) is 4.74 Å². The Kier molecular flexibility index (Phi) is 5.22. The van der Waals surface area contributed by atoms with Crippen LogP contribution in [0.3, 0.4) is 0 Å². The molecule has 0 aliphatic rings. The molecule has 1 heterocycles. The number of nitrogens with zero attached hydrogens (tertiary/aromatic N) is 2. The van der Waals surface area contributed by atoms with Gasteiger partial charge in [-0.2, -0.15) is 18.3 Å². The molecule has 1 N–H and O–H groups in total. The Morgan fingerprint density at radius 2 is 1.96 bits per heavy atom. The number of nitrogens with one attached hydrogen (secondary N) is 1. The lowest BCUT2D eigenvalue weighted by molar-refractivity contribution is -0.137. The Morgan fingerprint density at radius 3 is 2.73 bits per heavy atom. The highest BCUT2D eigenvalue weighted by molar-refractivity contribution is 7.14. The van der Waals surface area contributed by atoms with Crippen LogP contribution < -0.4 is 10.2 Å². The van der Waals surface area contributed by atoms with Crippen molar-refractivity contribution in [3.63, 3.8) is 0 Å². The van der Waals surface area contributed by atoms with Gasteiger partial charge in [-0.25, -0.2) is 4.98 Å². The van der Waals surface area contributed by atoms with Crippen LogP contribution in [0.2, 0.25) is 0 Å². The van der Waals surface area contributed by atoms with E-state index in [2.05, 4.69) is 15.5 Å². The summed E-state index contributed by atoms with van der Waals surface area (Å²) in [5.41, 5.74) is 3.94. The normalized spacial score (nSPS) is 11.7. The summed E-state index contributed by atoms with van der Waals surface area (Å²) in [6.07, 6.45) is -3.06. The van der Waals surface area contributed by atoms with Crippen molar-refractivity contribution in [3.05, 3.63) is 65.0 Å². The third kappa shape index (κ3) is 4.20. The van der Waals surface area contributed by atoms with E-state index in [9.17, 15) is 13.2 Å². The Bertz CT molecular complexity index is 922. The van der Waals surface area contributed by atoms with Crippen molar-refractivity contribution in [2.45, 2.75) is 6.18 Å². The summed E-state index contributed by atoms with van der Waals surface area (Å²) in [5, 5.41) is 6.33. The van der Waals surface area contributed by atoms with Crippen molar-refractivity contribution in [1.29, 1.82) is 0 Å². The molecular weight excluding hydrogens is 363 g/mol. The molecule has 0 radical (unpaired) electrons. The van der Waals surface area contributed by atoms with Crippen LogP contribution in [-0.2, 0) is 6.18 Å². The van der Waals surface area contributed by atoms with Crippen LogP contribution in [-0.4, -0.2) is 18.3 Å². The van der Waals surface area contributed by atoms with Crippen LogP contribution in [0.15, 0.2) is 59.0 Å². The Balaban J connectivity index is 1.71. The number of anilines is 1. The van der Waals surface area contributed by atoms with Crippen molar-refractivity contribution < 1.29 is 17.9 Å². The van der Waals surface area contributed by atoms with Crippen LogP contribution in [0.25, 0.3) is 11.3 Å². The lowest BCUT2D eigenvalue weighted by Crippen LogP contribution is -2.05. The second-order valence-electron chi connectivity index (χ2n) is 5.23. The number of para-hydroxylation sites is 1. The van der Waals surface area contributed by atoms with E-state index in [0.29, 0.717) is 16.4 Å². The maximum absolute atomic E-state index is 12.7. The van der Waals surface area contributed by atoms with Gasteiger partial charge in [-0.15, -0.1) is 11.3 Å². The van der Waals surface area contributed by atoms with Gasteiger partial charge in [0, 0.05) is 10.9 Å². The topological polar surface area (TPSA) is 46.5 Å². The van der Waals surface area contributed by atoms with Crippen molar-refractivity contribution >= 4 is 22.7 Å². The summed E-state index contributed by atoms with van der Waals surface area (Å²) in [7, 11) is 1.59. The van der Waals surface area contributed by atoms with Crippen LogP contribution >= 0.6 is 11.3 Å². The molecule has 3 rings (SSSR count). The predicted molar refractivity (Wildman–Crippen MR) is 96.8 cm³/mol. The van der Waals surface area contributed by atoms with Gasteiger partial charge in [0.15, 0.2) is 0 Å². The smallest absolute Gasteiger partial charge is 0.416 e. The number of rotatable bonds is 5. The molecule has 0 bridgehead atoms.